The molecule has 0 radical (unpaired) electrons. The van der Waals surface area contributed by atoms with Crippen LogP contribution in [0.2, 0.25) is 4.34 Å². The molecular weight excluding hydrogens is 517 g/mol. The van der Waals surface area contributed by atoms with Crippen molar-refractivity contribution in [1.29, 1.82) is 0 Å². The van der Waals surface area contributed by atoms with Gasteiger partial charge in [0.1, 0.15) is 15.9 Å². The summed E-state index contributed by atoms with van der Waals surface area (Å²) in [5.41, 5.74) is 1.97. The Balaban J connectivity index is 1.43. The first-order chi connectivity index (χ1) is 16.6. The molecule has 5 rings (SSSR count). The van der Waals surface area contributed by atoms with Gasteiger partial charge >= 0.3 is 6.03 Å². The molecule has 180 valence electrons. The van der Waals surface area contributed by atoms with Gasteiger partial charge in [-0.2, -0.15) is 0 Å². The number of rotatable bonds is 4. The van der Waals surface area contributed by atoms with Crippen molar-refractivity contribution in [3.8, 4) is 5.69 Å². The lowest BCUT2D eigenvalue weighted by atomic mass is 10.1. The molecule has 3 heterocycles. The first-order valence-electron chi connectivity index (χ1n) is 10.3. The highest BCUT2D eigenvalue weighted by Crippen LogP contribution is 2.27. The number of carbonyl (C=O) groups is 1. The van der Waals surface area contributed by atoms with Crippen molar-refractivity contribution < 1.29 is 17.6 Å². The number of aromatic nitrogens is 2. The third-order valence-corrected chi connectivity index (χ3v) is 8.51. The fourth-order valence-electron chi connectivity index (χ4n) is 3.91. The van der Waals surface area contributed by atoms with Crippen molar-refractivity contribution in [3.05, 3.63) is 74.4 Å². The molecule has 0 bridgehead atoms. The van der Waals surface area contributed by atoms with Crippen LogP contribution >= 0.6 is 22.9 Å². The maximum absolute atomic E-state index is 15.1. The van der Waals surface area contributed by atoms with Gasteiger partial charge in [0.25, 0.3) is 15.6 Å². The Hall–Kier alpha value is -3.48. The van der Waals surface area contributed by atoms with E-state index in [0.717, 1.165) is 41.6 Å². The van der Waals surface area contributed by atoms with Gasteiger partial charge in [0.2, 0.25) is 0 Å². The smallest absolute Gasteiger partial charge is 0.333 e. The Morgan fingerprint density at radius 2 is 2.03 bits per heavy atom. The number of nitrogens with one attached hydrogen (secondary N) is 3. The molecule has 1 aliphatic heterocycles. The Morgan fingerprint density at radius 1 is 1.23 bits per heavy atom. The second kappa shape index (κ2) is 8.63. The number of anilines is 2. The van der Waals surface area contributed by atoms with E-state index in [-0.39, 0.29) is 19.9 Å². The van der Waals surface area contributed by atoms with Crippen molar-refractivity contribution in [2.75, 3.05) is 17.2 Å². The number of amides is 2. The summed E-state index contributed by atoms with van der Waals surface area (Å²) in [6, 6.07) is 8.83. The fourth-order valence-corrected chi connectivity index (χ4v) is 6.30. The molecular formula is C22H17ClFN5O4S2. The summed E-state index contributed by atoms with van der Waals surface area (Å²) in [5.74, 6) is -0.511. The number of thiophene rings is 1. The molecule has 0 unspecified atom stereocenters. The average Bonchev–Trinajstić information content (AvgIpc) is 3.42. The van der Waals surface area contributed by atoms with Crippen molar-refractivity contribution in [2.45, 2.75) is 17.6 Å². The maximum Gasteiger partial charge on any atom is 0.333 e. The summed E-state index contributed by atoms with van der Waals surface area (Å²) in [4.78, 5) is 29.9. The lowest BCUT2D eigenvalue weighted by Gasteiger charge is -2.14. The van der Waals surface area contributed by atoms with E-state index < -0.39 is 27.4 Å². The highest BCUT2D eigenvalue weighted by Gasteiger charge is 2.21. The van der Waals surface area contributed by atoms with E-state index in [4.69, 9.17) is 11.6 Å². The van der Waals surface area contributed by atoms with E-state index in [1.807, 2.05) is 10.8 Å². The second-order valence-electron chi connectivity index (χ2n) is 7.79. The zero-order valence-electron chi connectivity index (χ0n) is 18.1. The van der Waals surface area contributed by atoms with E-state index >= 15 is 4.39 Å². The van der Waals surface area contributed by atoms with Gasteiger partial charge in [0, 0.05) is 17.9 Å². The van der Waals surface area contributed by atoms with Crippen molar-refractivity contribution >= 4 is 61.3 Å². The topological polar surface area (TPSA) is 122 Å². The largest absolute Gasteiger partial charge is 0.384 e. The third kappa shape index (κ3) is 4.35. The Kier molecular flexibility index (Phi) is 5.74. The standard InChI is InChI=1S/C22H17ClFN5O4S2/c1-11-26-17-10-16-12(6-7-25-16)8-14(17)21(30)29(11)18-3-2-13(9-15(18)24)27-22(31)28-35(32,33)20-5-4-19(23)34-20/h2-5,8-10,25H,6-7H2,1H3,(H2,27,28,31). The number of nitrogens with zero attached hydrogens (tertiary/aromatic N) is 2. The van der Waals surface area contributed by atoms with Gasteiger partial charge in [-0.25, -0.2) is 27.3 Å². The number of hydrogen-bond acceptors (Lipinski definition) is 7. The number of hydrogen-bond donors (Lipinski definition) is 3. The van der Waals surface area contributed by atoms with Crippen LogP contribution in [-0.4, -0.2) is 30.5 Å². The number of benzene rings is 2. The molecule has 2 aromatic heterocycles. The Labute approximate surface area is 207 Å². The average molecular weight is 534 g/mol. The highest BCUT2D eigenvalue weighted by molar-refractivity contribution is 7.92. The number of urea groups is 1. The number of sulfonamides is 1. The molecule has 2 amide bonds. The van der Waals surface area contributed by atoms with Crippen molar-refractivity contribution in [1.82, 2.24) is 14.3 Å². The minimum Gasteiger partial charge on any atom is -0.384 e. The number of aryl methyl sites for hydroxylation is 1. The fraction of sp³-hybridized carbons (Fsp3) is 0.136. The summed E-state index contributed by atoms with van der Waals surface area (Å²) >= 11 is 6.54. The van der Waals surface area contributed by atoms with E-state index in [1.165, 1.54) is 28.8 Å². The number of carbonyl (C=O) groups excluding carboxylic acids is 1. The minimum absolute atomic E-state index is 0.00786. The summed E-state index contributed by atoms with van der Waals surface area (Å²) in [5, 5.41) is 5.89. The molecule has 0 atom stereocenters. The van der Waals surface area contributed by atoms with Gasteiger partial charge < -0.3 is 10.6 Å². The van der Waals surface area contributed by atoms with Gasteiger partial charge in [0.05, 0.1) is 20.9 Å². The molecule has 0 saturated heterocycles. The van der Waals surface area contributed by atoms with Gasteiger partial charge in [-0.1, -0.05) is 11.6 Å². The molecule has 2 aromatic carbocycles. The SMILES string of the molecule is Cc1nc2cc3c(cc2c(=O)n1-c1ccc(NC(=O)NS(=O)(=O)c2ccc(Cl)s2)cc1F)CCN3. The Bertz CT molecular complexity index is 1680. The van der Waals surface area contributed by atoms with Crippen molar-refractivity contribution in [2.24, 2.45) is 0 Å². The van der Waals surface area contributed by atoms with Crippen LogP contribution in [0.15, 0.2) is 51.5 Å². The molecule has 3 N–H and O–H groups in total. The monoisotopic (exact) mass is 533 g/mol. The van der Waals surface area contributed by atoms with Gasteiger partial charge in [-0.05, 0) is 61.4 Å². The van der Waals surface area contributed by atoms with Gasteiger partial charge in [-0.15, -0.1) is 11.3 Å². The minimum atomic E-state index is -4.14. The lowest BCUT2D eigenvalue weighted by molar-refractivity contribution is 0.256. The molecule has 9 nitrogen and oxygen atoms in total. The first kappa shape index (κ1) is 23.3. The molecule has 1 aliphatic rings. The molecule has 0 fully saturated rings. The summed E-state index contributed by atoms with van der Waals surface area (Å²) < 4.78 is 42.7. The summed E-state index contributed by atoms with van der Waals surface area (Å²) in [6.45, 7) is 2.38. The van der Waals surface area contributed by atoms with Crippen LogP contribution in [-0.2, 0) is 16.4 Å². The zero-order chi connectivity index (χ0) is 24.9. The lowest BCUT2D eigenvalue weighted by Crippen LogP contribution is -2.34. The highest BCUT2D eigenvalue weighted by atomic mass is 35.5. The maximum atomic E-state index is 15.1. The van der Waals surface area contributed by atoms with Crippen LogP contribution in [0.4, 0.5) is 20.6 Å². The second-order valence-corrected chi connectivity index (χ2v) is 11.4. The number of fused-ring (bicyclic) bond motifs is 2. The molecule has 0 saturated carbocycles. The van der Waals surface area contributed by atoms with Crippen LogP contribution in [0.3, 0.4) is 0 Å². The van der Waals surface area contributed by atoms with Crippen LogP contribution in [0.1, 0.15) is 11.4 Å². The van der Waals surface area contributed by atoms with E-state index in [2.05, 4.69) is 15.6 Å². The van der Waals surface area contributed by atoms with E-state index in [0.29, 0.717) is 16.7 Å². The van der Waals surface area contributed by atoms with E-state index in [1.54, 1.807) is 13.0 Å². The van der Waals surface area contributed by atoms with Crippen LogP contribution < -0.4 is 20.9 Å². The third-order valence-electron chi connectivity index (χ3n) is 5.46. The molecule has 0 spiro atoms. The van der Waals surface area contributed by atoms with E-state index in [9.17, 15) is 18.0 Å². The van der Waals surface area contributed by atoms with Crippen LogP contribution in [0.25, 0.3) is 16.6 Å². The van der Waals surface area contributed by atoms with Gasteiger partial charge in [0.15, 0.2) is 0 Å². The quantitative estimate of drug-likeness (QED) is 0.364. The zero-order valence-corrected chi connectivity index (χ0v) is 20.4. The molecule has 13 heteroatoms. The predicted molar refractivity (Wildman–Crippen MR) is 133 cm³/mol. The molecule has 35 heavy (non-hydrogen) atoms. The predicted octanol–water partition coefficient (Wildman–Crippen LogP) is 4.03. The number of halogens is 2. The first-order valence-corrected chi connectivity index (χ1v) is 13.0. The molecule has 4 aromatic rings. The van der Waals surface area contributed by atoms with Crippen LogP contribution in [0, 0.1) is 12.7 Å². The van der Waals surface area contributed by atoms with Crippen molar-refractivity contribution in [3.63, 3.8) is 0 Å². The van der Waals surface area contributed by atoms with Gasteiger partial charge in [-0.3, -0.25) is 9.36 Å². The van der Waals surface area contributed by atoms with Crippen LogP contribution in [0.5, 0.6) is 0 Å². The summed E-state index contributed by atoms with van der Waals surface area (Å²) in [6.07, 6.45) is 0.782. The Morgan fingerprint density at radius 3 is 2.74 bits per heavy atom. The normalized spacial score (nSPS) is 12.9. The molecule has 0 aliphatic carbocycles. The summed E-state index contributed by atoms with van der Waals surface area (Å²) in [7, 11) is -4.14.